The standard InChI is InChI=1S/C33H28ClF3N4O3/c1-20-28(21(2)42)29(23-8-6-22(19-38)7-9-23)30(32(44)41(20)27-5-3-4-24(18-27)33(35,36)37)31(43)40-16-14-39(15-17-40)26-12-10-25(34)11-13-26/h3-13,18,29-30H,14-17H2,1-2H3. The number of nitriles is 1. The quantitative estimate of drug-likeness (QED) is 0.318. The van der Waals surface area contributed by atoms with Gasteiger partial charge in [-0.1, -0.05) is 29.8 Å². The van der Waals surface area contributed by atoms with Crippen molar-refractivity contribution in [2.75, 3.05) is 36.0 Å². The van der Waals surface area contributed by atoms with E-state index >= 15 is 0 Å². The maximum atomic E-state index is 14.4. The number of Topliss-reactive ketones (excluding diaryl/α,β-unsaturated/α-hetero) is 1. The van der Waals surface area contributed by atoms with Crippen LogP contribution in [0.1, 0.15) is 36.5 Å². The topological polar surface area (TPSA) is 84.7 Å². The number of amides is 2. The molecule has 7 nitrogen and oxygen atoms in total. The lowest BCUT2D eigenvalue weighted by molar-refractivity contribution is -0.142. The lowest BCUT2D eigenvalue weighted by Gasteiger charge is -2.43. The van der Waals surface area contributed by atoms with E-state index in [4.69, 9.17) is 11.6 Å². The highest BCUT2D eigenvalue weighted by atomic mass is 35.5. The maximum absolute atomic E-state index is 14.4. The lowest BCUT2D eigenvalue weighted by atomic mass is 9.73. The van der Waals surface area contributed by atoms with Crippen molar-refractivity contribution in [2.45, 2.75) is 25.9 Å². The average molecular weight is 621 g/mol. The van der Waals surface area contributed by atoms with Gasteiger partial charge in [0.1, 0.15) is 5.92 Å². The number of alkyl halides is 3. The van der Waals surface area contributed by atoms with Gasteiger partial charge in [-0.25, -0.2) is 0 Å². The van der Waals surface area contributed by atoms with Gasteiger partial charge in [0.15, 0.2) is 5.78 Å². The second-order valence-corrected chi connectivity index (χ2v) is 11.2. The number of piperazine rings is 1. The van der Waals surface area contributed by atoms with E-state index in [1.54, 1.807) is 41.3 Å². The molecular weight excluding hydrogens is 593 g/mol. The Hall–Kier alpha value is -4.62. The minimum Gasteiger partial charge on any atom is -0.368 e. The molecule has 0 N–H and O–H groups in total. The number of benzene rings is 3. The normalized spacial score (nSPS) is 19.2. The highest BCUT2D eigenvalue weighted by Gasteiger charge is 2.49. The summed E-state index contributed by atoms with van der Waals surface area (Å²) in [7, 11) is 0. The molecule has 0 aromatic heterocycles. The largest absolute Gasteiger partial charge is 0.416 e. The summed E-state index contributed by atoms with van der Waals surface area (Å²) in [4.78, 5) is 46.6. The summed E-state index contributed by atoms with van der Waals surface area (Å²) in [5, 5.41) is 9.90. The molecule has 2 heterocycles. The van der Waals surface area contributed by atoms with E-state index in [2.05, 4.69) is 4.90 Å². The third-order valence-corrected chi connectivity index (χ3v) is 8.37. The Kier molecular flexibility index (Phi) is 8.53. The van der Waals surface area contributed by atoms with Crippen LogP contribution in [0.3, 0.4) is 0 Å². The van der Waals surface area contributed by atoms with Gasteiger partial charge in [0.25, 0.3) is 0 Å². The third-order valence-electron chi connectivity index (χ3n) is 8.12. The number of anilines is 2. The van der Waals surface area contributed by atoms with Gasteiger partial charge in [0.2, 0.25) is 11.8 Å². The molecule has 3 aromatic carbocycles. The lowest BCUT2D eigenvalue weighted by Crippen LogP contribution is -2.56. The zero-order valence-corrected chi connectivity index (χ0v) is 24.7. The minimum absolute atomic E-state index is 0.0929. The van der Waals surface area contributed by atoms with Crippen molar-refractivity contribution in [3.8, 4) is 6.07 Å². The van der Waals surface area contributed by atoms with Crippen LogP contribution in [0.25, 0.3) is 0 Å². The Morgan fingerprint density at radius 3 is 2.14 bits per heavy atom. The Bertz CT molecular complexity index is 1670. The molecule has 1 fully saturated rings. The van der Waals surface area contributed by atoms with Gasteiger partial charge < -0.3 is 9.80 Å². The second kappa shape index (κ2) is 12.2. The number of carbonyl (C=O) groups excluding carboxylic acids is 3. The first-order valence-electron chi connectivity index (χ1n) is 13.9. The third kappa shape index (κ3) is 5.92. The summed E-state index contributed by atoms with van der Waals surface area (Å²) in [5.74, 6) is -4.11. The van der Waals surface area contributed by atoms with E-state index in [0.717, 1.165) is 22.7 Å². The van der Waals surface area contributed by atoms with Gasteiger partial charge >= 0.3 is 6.18 Å². The second-order valence-electron chi connectivity index (χ2n) is 10.8. The molecule has 0 spiro atoms. The van der Waals surface area contributed by atoms with E-state index in [1.165, 1.54) is 26.0 Å². The number of allylic oxidation sites excluding steroid dienone is 2. The molecular formula is C33H28ClF3N4O3. The Morgan fingerprint density at radius 2 is 1.57 bits per heavy atom. The first-order valence-corrected chi connectivity index (χ1v) is 14.3. The van der Waals surface area contributed by atoms with Gasteiger partial charge in [0, 0.05) is 59.8 Å². The van der Waals surface area contributed by atoms with Crippen molar-refractivity contribution in [1.29, 1.82) is 5.26 Å². The predicted octanol–water partition coefficient (Wildman–Crippen LogP) is 6.19. The number of ketones is 1. The Morgan fingerprint density at radius 1 is 0.932 bits per heavy atom. The van der Waals surface area contributed by atoms with Crippen LogP contribution in [0, 0.1) is 17.2 Å². The van der Waals surface area contributed by atoms with Crippen LogP contribution >= 0.6 is 11.6 Å². The number of hydrogen-bond acceptors (Lipinski definition) is 5. The molecule has 3 aromatic rings. The molecule has 226 valence electrons. The van der Waals surface area contributed by atoms with Crippen LogP contribution in [0.5, 0.6) is 0 Å². The number of carbonyl (C=O) groups is 3. The fourth-order valence-electron chi connectivity index (χ4n) is 5.98. The molecule has 0 radical (unpaired) electrons. The summed E-state index contributed by atoms with van der Waals surface area (Å²) in [5.41, 5.74) is 0.994. The first kappa shape index (κ1) is 30.8. The highest BCUT2D eigenvalue weighted by Crippen LogP contribution is 2.44. The molecule has 5 rings (SSSR count). The molecule has 11 heteroatoms. The fraction of sp³-hybridized carbons (Fsp3) is 0.273. The van der Waals surface area contributed by atoms with Crippen molar-refractivity contribution in [3.63, 3.8) is 0 Å². The summed E-state index contributed by atoms with van der Waals surface area (Å²) in [6, 6.07) is 19.9. The molecule has 44 heavy (non-hydrogen) atoms. The van der Waals surface area contributed by atoms with Crippen molar-refractivity contribution in [2.24, 2.45) is 5.92 Å². The molecule has 0 aliphatic carbocycles. The van der Waals surface area contributed by atoms with E-state index < -0.39 is 41.2 Å². The van der Waals surface area contributed by atoms with Crippen LogP contribution in [-0.4, -0.2) is 48.7 Å². The molecule has 2 aliphatic heterocycles. The van der Waals surface area contributed by atoms with Crippen LogP contribution in [0.4, 0.5) is 24.5 Å². The van der Waals surface area contributed by atoms with Gasteiger partial charge in [-0.15, -0.1) is 0 Å². The highest BCUT2D eigenvalue weighted by molar-refractivity contribution is 6.30. The fourth-order valence-corrected chi connectivity index (χ4v) is 6.11. The monoisotopic (exact) mass is 620 g/mol. The predicted molar refractivity (Wildman–Crippen MR) is 160 cm³/mol. The number of hydrogen-bond donors (Lipinski definition) is 0. The minimum atomic E-state index is -4.67. The van der Waals surface area contributed by atoms with E-state index in [1.807, 2.05) is 18.2 Å². The smallest absolute Gasteiger partial charge is 0.368 e. The van der Waals surface area contributed by atoms with Crippen molar-refractivity contribution < 1.29 is 27.6 Å². The van der Waals surface area contributed by atoms with Gasteiger partial charge in [-0.2, -0.15) is 18.4 Å². The number of halogens is 4. The molecule has 0 bridgehead atoms. The first-order chi connectivity index (χ1) is 20.9. The summed E-state index contributed by atoms with van der Waals surface area (Å²) in [6.45, 7) is 4.32. The Labute approximate surface area is 257 Å². The summed E-state index contributed by atoms with van der Waals surface area (Å²) >= 11 is 6.02. The SMILES string of the molecule is CC(=O)C1=C(C)N(c2cccc(C(F)(F)F)c2)C(=O)C(C(=O)N2CCN(c3ccc(Cl)cc3)CC2)C1c1ccc(C#N)cc1. The zero-order valence-electron chi connectivity index (χ0n) is 23.9. The Balaban J connectivity index is 1.57. The van der Waals surface area contributed by atoms with Crippen LogP contribution in [-0.2, 0) is 20.6 Å². The molecule has 2 unspecified atom stereocenters. The summed E-state index contributed by atoms with van der Waals surface area (Å²) in [6.07, 6.45) is -4.67. The molecule has 1 saturated heterocycles. The van der Waals surface area contributed by atoms with Crippen molar-refractivity contribution in [1.82, 2.24) is 4.90 Å². The summed E-state index contributed by atoms with van der Waals surface area (Å²) < 4.78 is 40.9. The maximum Gasteiger partial charge on any atom is 0.416 e. The van der Waals surface area contributed by atoms with Gasteiger partial charge in [0.05, 0.1) is 17.2 Å². The van der Waals surface area contributed by atoms with Gasteiger partial charge in [-0.05, 0) is 74.0 Å². The van der Waals surface area contributed by atoms with Crippen LogP contribution in [0.2, 0.25) is 5.02 Å². The molecule has 0 saturated carbocycles. The van der Waals surface area contributed by atoms with Crippen molar-refractivity contribution in [3.05, 3.63) is 106 Å². The molecule has 2 amide bonds. The zero-order chi connectivity index (χ0) is 31.8. The molecule has 2 aliphatic rings. The van der Waals surface area contributed by atoms with Crippen molar-refractivity contribution >= 4 is 40.6 Å². The number of rotatable bonds is 5. The van der Waals surface area contributed by atoms with Crippen LogP contribution < -0.4 is 9.80 Å². The van der Waals surface area contributed by atoms with E-state index in [9.17, 15) is 32.8 Å². The molecule has 2 atom stereocenters. The number of nitrogens with zero attached hydrogens (tertiary/aromatic N) is 4. The average Bonchev–Trinajstić information content (AvgIpc) is 3.00. The van der Waals surface area contributed by atoms with Gasteiger partial charge in [-0.3, -0.25) is 19.3 Å². The van der Waals surface area contributed by atoms with E-state index in [-0.39, 0.29) is 30.0 Å². The van der Waals surface area contributed by atoms with E-state index in [0.29, 0.717) is 29.2 Å². The van der Waals surface area contributed by atoms with Crippen LogP contribution in [0.15, 0.2) is 84.1 Å².